The summed E-state index contributed by atoms with van der Waals surface area (Å²) in [6.45, 7) is 13.1. The minimum absolute atomic E-state index is 0.155. The summed E-state index contributed by atoms with van der Waals surface area (Å²) >= 11 is 0. The Kier molecular flexibility index (Phi) is 4.46. The van der Waals surface area contributed by atoms with E-state index in [1.165, 1.54) is 0 Å². The number of pyridine rings is 1. The van der Waals surface area contributed by atoms with Crippen molar-refractivity contribution in [2.75, 3.05) is 0 Å². The Hall–Kier alpha value is -4.28. The first-order valence-electron chi connectivity index (χ1n) is 14.4. The summed E-state index contributed by atoms with van der Waals surface area (Å²) in [5.41, 5.74) is 4.12. The van der Waals surface area contributed by atoms with Crippen molar-refractivity contribution in [2.24, 2.45) is 0 Å². The van der Waals surface area contributed by atoms with Crippen LogP contribution in [0.1, 0.15) is 52.7 Å². The molecule has 0 N–H and O–H groups in total. The first-order valence-corrected chi connectivity index (χ1v) is 16.6. The molecule has 0 radical (unpaired) electrons. The fourth-order valence-corrected chi connectivity index (χ4v) is 10.9. The molecule has 4 aromatic carbocycles. The number of nitrogens with zero attached hydrogens (tertiary/aromatic N) is 1. The van der Waals surface area contributed by atoms with E-state index in [1.807, 2.05) is 95.5 Å². The van der Waals surface area contributed by atoms with Crippen molar-refractivity contribution in [2.45, 2.75) is 52.4 Å². The Morgan fingerprint density at radius 2 is 1.12 bits per heavy atom. The summed E-state index contributed by atoms with van der Waals surface area (Å²) in [5, 5.41) is 0.945. The summed E-state index contributed by atoms with van der Waals surface area (Å²) in [6.07, 6.45) is 1.89. The van der Waals surface area contributed by atoms with Gasteiger partial charge in [0.1, 0.15) is 0 Å². The number of hydrogen-bond acceptors (Lipinski definition) is 5. The van der Waals surface area contributed by atoms with Crippen LogP contribution in [0.3, 0.4) is 0 Å². The molecule has 0 bridgehead atoms. The molecule has 42 heavy (non-hydrogen) atoms. The predicted molar refractivity (Wildman–Crippen MR) is 165 cm³/mol. The van der Waals surface area contributed by atoms with Crippen molar-refractivity contribution >= 4 is 18.1 Å². The molecule has 0 saturated carbocycles. The van der Waals surface area contributed by atoms with Crippen LogP contribution in [-0.4, -0.2) is 0 Å². The molecule has 0 saturated heterocycles. The topological polar surface area (TPSA) is 50.0 Å². The standard InChI is InChI=1S/C35H34NO5P/c1-34(2,3)24-21-27(35(4,5)6)33-31(22-24)40-42(41-33,36-20-12-14-23-13-11-19-30(39-42)32(23)36)37-28-17-9-7-15-25(28)26-16-8-10-18-29(26)38-42/h7-22H,1-6H3. The monoisotopic (exact) mass is 579 g/mol. The Labute approximate surface area is 245 Å². The second-order valence-electron chi connectivity index (χ2n) is 13.5. The van der Waals surface area contributed by atoms with Gasteiger partial charge in [-0.05, 0) is 0 Å². The average molecular weight is 580 g/mol. The molecule has 0 aliphatic carbocycles. The molecule has 1 aromatic heterocycles. The Morgan fingerprint density at radius 1 is 0.548 bits per heavy atom. The van der Waals surface area contributed by atoms with Crippen LogP contribution in [0.25, 0.3) is 22.0 Å². The fraction of sp³-hybridized carbons (Fsp3) is 0.229. The number of fused-ring (bicyclic) bond motifs is 4. The van der Waals surface area contributed by atoms with Gasteiger partial charge in [-0.1, -0.05) is 0 Å². The zero-order chi connectivity index (χ0) is 29.2. The van der Waals surface area contributed by atoms with Gasteiger partial charge in [-0.25, -0.2) is 0 Å². The summed E-state index contributed by atoms with van der Waals surface area (Å²) in [5.74, 6) is 2.71. The van der Waals surface area contributed by atoms with Crippen molar-refractivity contribution in [1.29, 1.82) is 0 Å². The summed E-state index contributed by atoms with van der Waals surface area (Å²) in [4.78, 5) is 0. The third kappa shape index (κ3) is 3.06. The van der Waals surface area contributed by atoms with Crippen LogP contribution >= 0.6 is 7.23 Å². The van der Waals surface area contributed by atoms with Gasteiger partial charge in [0.25, 0.3) is 0 Å². The molecule has 7 heteroatoms. The van der Waals surface area contributed by atoms with Crippen LogP contribution in [0, 0.1) is 0 Å². The van der Waals surface area contributed by atoms with Gasteiger partial charge in [-0.3, -0.25) is 0 Å². The van der Waals surface area contributed by atoms with E-state index in [-0.39, 0.29) is 10.8 Å². The van der Waals surface area contributed by atoms with Crippen LogP contribution in [0.5, 0.6) is 28.7 Å². The van der Waals surface area contributed by atoms with E-state index in [4.69, 9.17) is 22.6 Å². The molecule has 3 aliphatic heterocycles. The maximum atomic E-state index is 7.37. The van der Waals surface area contributed by atoms with Gasteiger partial charge in [0, 0.05) is 0 Å². The van der Waals surface area contributed by atoms with E-state index >= 15 is 0 Å². The van der Waals surface area contributed by atoms with Crippen molar-refractivity contribution in [3.05, 3.63) is 108 Å². The molecule has 0 fully saturated rings. The van der Waals surface area contributed by atoms with Crippen molar-refractivity contribution in [3.8, 4) is 39.9 Å². The Balaban J connectivity index is 1.55. The molecule has 0 amide bonds. The SMILES string of the molecule is CC(C)(C)c1cc2c(c(C(C)(C)C)c1)O[P-]13(Oc4ccccc4-c4ccccc4O1)(O2)Oc1cccc2ccc[n+]3c12. The van der Waals surface area contributed by atoms with Gasteiger partial charge in [-0.2, -0.15) is 0 Å². The number of aromatic nitrogens is 1. The Bertz CT molecular complexity index is 1950. The van der Waals surface area contributed by atoms with E-state index in [9.17, 15) is 0 Å². The third-order valence-corrected chi connectivity index (χ3v) is 12.5. The van der Waals surface area contributed by atoms with Gasteiger partial charge < -0.3 is 0 Å². The molecule has 6 nitrogen and oxygen atoms in total. The molecule has 0 atom stereocenters. The van der Waals surface area contributed by atoms with Gasteiger partial charge in [0.2, 0.25) is 0 Å². The van der Waals surface area contributed by atoms with Gasteiger partial charge in [-0.15, -0.1) is 0 Å². The molecule has 5 aromatic rings. The van der Waals surface area contributed by atoms with Crippen molar-refractivity contribution < 1.29 is 27.0 Å². The zero-order valence-corrected chi connectivity index (χ0v) is 25.6. The summed E-state index contributed by atoms with van der Waals surface area (Å²) < 4.78 is 38.3. The normalized spacial score (nSPS) is 19.7. The van der Waals surface area contributed by atoms with Gasteiger partial charge in [0.15, 0.2) is 0 Å². The fourth-order valence-electron chi connectivity index (χ4n) is 6.34. The van der Waals surface area contributed by atoms with E-state index in [0.717, 1.165) is 33.2 Å². The number of rotatable bonds is 0. The zero-order valence-electron chi connectivity index (χ0n) is 24.7. The summed E-state index contributed by atoms with van der Waals surface area (Å²) in [7, 11) is -6.04. The van der Waals surface area contributed by atoms with Crippen LogP contribution in [-0.2, 0) is 10.8 Å². The Morgan fingerprint density at radius 3 is 1.76 bits per heavy atom. The first-order chi connectivity index (χ1) is 19.9. The van der Waals surface area contributed by atoms with E-state index in [1.54, 1.807) is 0 Å². The van der Waals surface area contributed by atoms with Crippen LogP contribution in [0.2, 0.25) is 0 Å². The van der Waals surface area contributed by atoms with E-state index < -0.39 is 7.23 Å². The van der Waals surface area contributed by atoms with Crippen LogP contribution < -0.4 is 27.0 Å². The summed E-state index contributed by atoms with van der Waals surface area (Å²) in [6, 6.07) is 29.9. The molecule has 1 spiro atoms. The number of benzene rings is 4. The molecular weight excluding hydrogens is 545 g/mol. The minimum atomic E-state index is -6.04. The van der Waals surface area contributed by atoms with Crippen molar-refractivity contribution in [3.63, 3.8) is 0 Å². The number of hydrogen-bond donors (Lipinski definition) is 0. The second-order valence-corrected chi connectivity index (χ2v) is 17.2. The average Bonchev–Trinajstić information content (AvgIpc) is 3.32. The molecule has 8 rings (SSSR count). The van der Waals surface area contributed by atoms with Crippen LogP contribution in [0.15, 0.2) is 97.2 Å². The quantitative estimate of drug-likeness (QED) is 0.171. The molecular formula is C35H34NO5P. The first kappa shape index (κ1) is 25.4. The predicted octanol–water partition coefficient (Wildman–Crippen LogP) is 9.15. The van der Waals surface area contributed by atoms with Crippen molar-refractivity contribution in [1.82, 2.24) is 0 Å². The molecule has 0 unspecified atom stereocenters. The van der Waals surface area contributed by atoms with E-state index in [2.05, 4.69) is 47.6 Å². The van der Waals surface area contributed by atoms with E-state index in [0.29, 0.717) is 28.7 Å². The maximum absolute atomic E-state index is 7.37. The number of para-hydroxylation sites is 3. The third-order valence-electron chi connectivity index (χ3n) is 8.43. The second kappa shape index (κ2) is 7.37. The molecule has 4 heterocycles. The van der Waals surface area contributed by atoms with Crippen LogP contribution in [0.4, 0.5) is 0 Å². The van der Waals surface area contributed by atoms with Gasteiger partial charge in [0.05, 0.1) is 0 Å². The van der Waals surface area contributed by atoms with Gasteiger partial charge >= 0.3 is 246 Å². The molecule has 3 aliphatic rings. The molecule has 214 valence electrons.